The van der Waals surface area contributed by atoms with Crippen molar-refractivity contribution in [2.24, 2.45) is 5.92 Å². The number of hydrogen-bond acceptors (Lipinski definition) is 1. The molecular formula is C22H21F2N. The molecule has 0 aliphatic heterocycles. The smallest absolute Gasteiger partial charge is 0.141 e. The largest absolute Gasteiger partial charge is 0.216 e. The molecule has 0 aromatic heterocycles. The van der Waals surface area contributed by atoms with Crippen molar-refractivity contribution in [2.75, 3.05) is 0 Å². The Labute approximate surface area is 147 Å². The number of nitriles is 1. The molecule has 1 nitrogen and oxygen atoms in total. The summed E-state index contributed by atoms with van der Waals surface area (Å²) in [5.74, 6) is 0.672. The third-order valence-corrected chi connectivity index (χ3v) is 5.21. The Morgan fingerprint density at radius 2 is 1.68 bits per heavy atom. The standard InChI is InChI=1S/C22H21F2N/c23-13-1-2-16-3-5-17(6-4-16)18-7-9-19(10-8-18)20-11-12-21(15-25)22(24)14-20/h1,7-14,16-17H,2-6H2/t16-,17-. The quantitative estimate of drug-likeness (QED) is 0.623. The van der Waals surface area contributed by atoms with Crippen LogP contribution in [0.15, 0.2) is 54.9 Å². The average Bonchev–Trinajstić information content (AvgIpc) is 2.67. The SMILES string of the molecule is N#Cc1ccc(-c2ccc([C@H]3CC[C@H](CC=CF)CC3)cc2)cc1F. The predicted molar refractivity (Wildman–Crippen MR) is 96.1 cm³/mol. The van der Waals surface area contributed by atoms with Crippen LogP contribution in [0.5, 0.6) is 0 Å². The van der Waals surface area contributed by atoms with E-state index in [1.54, 1.807) is 12.1 Å². The lowest BCUT2D eigenvalue weighted by Crippen LogP contribution is -2.12. The van der Waals surface area contributed by atoms with E-state index in [-0.39, 0.29) is 5.56 Å². The van der Waals surface area contributed by atoms with E-state index in [1.165, 1.54) is 17.7 Å². The number of hydrogen-bond donors (Lipinski definition) is 0. The first-order valence-corrected chi connectivity index (χ1v) is 8.76. The summed E-state index contributed by atoms with van der Waals surface area (Å²) in [6, 6.07) is 14.8. The minimum absolute atomic E-state index is 0.0692. The predicted octanol–water partition coefficient (Wildman–Crippen LogP) is 6.51. The van der Waals surface area contributed by atoms with Crippen molar-refractivity contribution in [1.29, 1.82) is 5.26 Å². The highest BCUT2D eigenvalue weighted by atomic mass is 19.1. The molecule has 1 fully saturated rings. The maximum Gasteiger partial charge on any atom is 0.141 e. The van der Waals surface area contributed by atoms with Crippen LogP contribution in [0, 0.1) is 23.1 Å². The van der Waals surface area contributed by atoms with Gasteiger partial charge in [-0.15, -0.1) is 0 Å². The number of rotatable bonds is 4. The maximum atomic E-state index is 13.8. The van der Waals surface area contributed by atoms with Crippen molar-refractivity contribution in [1.82, 2.24) is 0 Å². The second-order valence-corrected chi connectivity index (χ2v) is 6.74. The summed E-state index contributed by atoms with van der Waals surface area (Å²) in [4.78, 5) is 0. The zero-order valence-corrected chi connectivity index (χ0v) is 14.1. The van der Waals surface area contributed by atoms with E-state index in [1.807, 2.05) is 18.2 Å². The molecule has 25 heavy (non-hydrogen) atoms. The van der Waals surface area contributed by atoms with E-state index in [0.29, 0.717) is 18.2 Å². The Morgan fingerprint density at radius 1 is 1.00 bits per heavy atom. The highest BCUT2D eigenvalue weighted by molar-refractivity contribution is 5.64. The molecule has 1 aliphatic rings. The molecule has 0 bridgehead atoms. The molecule has 0 spiro atoms. The fourth-order valence-electron chi connectivity index (χ4n) is 3.71. The Hall–Kier alpha value is -2.47. The zero-order chi connectivity index (χ0) is 17.6. The Balaban J connectivity index is 1.67. The Morgan fingerprint density at radius 3 is 2.28 bits per heavy atom. The molecular weight excluding hydrogens is 316 g/mol. The lowest BCUT2D eigenvalue weighted by Gasteiger charge is -2.28. The molecule has 0 N–H and O–H groups in total. The second kappa shape index (κ2) is 8.07. The molecule has 0 unspecified atom stereocenters. The molecule has 0 atom stereocenters. The van der Waals surface area contributed by atoms with Gasteiger partial charge in [0, 0.05) is 0 Å². The van der Waals surface area contributed by atoms with E-state index in [2.05, 4.69) is 12.1 Å². The molecule has 0 saturated heterocycles. The second-order valence-electron chi connectivity index (χ2n) is 6.74. The van der Waals surface area contributed by atoms with Gasteiger partial charge < -0.3 is 0 Å². The molecule has 1 saturated carbocycles. The van der Waals surface area contributed by atoms with Crippen LogP contribution >= 0.6 is 0 Å². The first kappa shape index (κ1) is 17.4. The van der Waals surface area contributed by atoms with Gasteiger partial charge in [-0.05, 0) is 72.8 Å². The van der Waals surface area contributed by atoms with Gasteiger partial charge in [-0.2, -0.15) is 5.26 Å². The van der Waals surface area contributed by atoms with Gasteiger partial charge >= 0.3 is 0 Å². The molecule has 0 radical (unpaired) electrons. The first-order chi connectivity index (χ1) is 12.2. The van der Waals surface area contributed by atoms with E-state index in [9.17, 15) is 8.78 Å². The summed E-state index contributed by atoms with van der Waals surface area (Å²) in [6.45, 7) is 0. The van der Waals surface area contributed by atoms with E-state index >= 15 is 0 Å². The topological polar surface area (TPSA) is 23.8 Å². The van der Waals surface area contributed by atoms with Gasteiger partial charge in [0.1, 0.15) is 11.9 Å². The Kier molecular flexibility index (Phi) is 5.60. The molecule has 2 aromatic rings. The van der Waals surface area contributed by atoms with Crippen LogP contribution in [-0.2, 0) is 0 Å². The molecule has 3 heteroatoms. The van der Waals surface area contributed by atoms with Crippen LogP contribution < -0.4 is 0 Å². The fraction of sp³-hybridized carbons (Fsp3) is 0.318. The van der Waals surface area contributed by atoms with Crippen LogP contribution in [0.25, 0.3) is 11.1 Å². The third-order valence-electron chi connectivity index (χ3n) is 5.21. The van der Waals surface area contributed by atoms with Crippen LogP contribution in [0.4, 0.5) is 8.78 Å². The van der Waals surface area contributed by atoms with E-state index in [0.717, 1.165) is 43.2 Å². The lowest BCUT2D eigenvalue weighted by atomic mass is 9.77. The van der Waals surface area contributed by atoms with Gasteiger partial charge in [0.25, 0.3) is 0 Å². The summed E-state index contributed by atoms with van der Waals surface area (Å²) in [5.41, 5.74) is 3.12. The number of nitrogens with zero attached hydrogens (tertiary/aromatic N) is 1. The molecule has 2 aromatic carbocycles. The van der Waals surface area contributed by atoms with Gasteiger partial charge in [0.15, 0.2) is 0 Å². The fourth-order valence-corrected chi connectivity index (χ4v) is 3.71. The highest BCUT2D eigenvalue weighted by Crippen LogP contribution is 2.37. The third kappa shape index (κ3) is 4.14. The highest BCUT2D eigenvalue weighted by Gasteiger charge is 2.21. The molecule has 0 amide bonds. The van der Waals surface area contributed by atoms with Crippen LogP contribution in [0.2, 0.25) is 0 Å². The van der Waals surface area contributed by atoms with Crippen molar-refractivity contribution in [3.8, 4) is 17.2 Å². The van der Waals surface area contributed by atoms with E-state index < -0.39 is 5.82 Å². The minimum Gasteiger partial charge on any atom is -0.216 e. The van der Waals surface area contributed by atoms with Gasteiger partial charge in [0.05, 0.1) is 11.9 Å². The molecule has 3 rings (SSSR count). The number of benzene rings is 2. The lowest BCUT2D eigenvalue weighted by molar-refractivity contribution is 0.327. The van der Waals surface area contributed by atoms with Gasteiger partial charge in [-0.3, -0.25) is 0 Å². The Bertz CT molecular complexity index is 779. The van der Waals surface area contributed by atoms with Crippen molar-refractivity contribution in [3.05, 3.63) is 71.8 Å². The zero-order valence-electron chi connectivity index (χ0n) is 14.1. The monoisotopic (exact) mass is 337 g/mol. The van der Waals surface area contributed by atoms with Crippen molar-refractivity contribution in [2.45, 2.75) is 38.0 Å². The van der Waals surface area contributed by atoms with Crippen LogP contribution in [-0.4, -0.2) is 0 Å². The summed E-state index contributed by atoms with van der Waals surface area (Å²) in [6.07, 6.45) is 7.65. The van der Waals surface area contributed by atoms with Crippen molar-refractivity contribution in [3.63, 3.8) is 0 Å². The summed E-state index contributed by atoms with van der Waals surface area (Å²) in [5, 5.41) is 8.81. The normalized spacial score (nSPS) is 20.5. The summed E-state index contributed by atoms with van der Waals surface area (Å²) in [7, 11) is 0. The summed E-state index contributed by atoms with van der Waals surface area (Å²) >= 11 is 0. The van der Waals surface area contributed by atoms with Crippen molar-refractivity contribution < 1.29 is 8.78 Å². The van der Waals surface area contributed by atoms with Crippen molar-refractivity contribution >= 4 is 0 Å². The van der Waals surface area contributed by atoms with E-state index in [4.69, 9.17) is 5.26 Å². The first-order valence-electron chi connectivity index (χ1n) is 8.76. The molecule has 128 valence electrons. The van der Waals surface area contributed by atoms with Gasteiger partial charge in [-0.25, -0.2) is 8.78 Å². The van der Waals surface area contributed by atoms with Crippen LogP contribution in [0.3, 0.4) is 0 Å². The minimum atomic E-state index is -0.482. The summed E-state index contributed by atoms with van der Waals surface area (Å²) < 4.78 is 25.9. The number of allylic oxidation sites excluding steroid dienone is 1. The maximum absolute atomic E-state index is 13.8. The van der Waals surface area contributed by atoms with Crippen LogP contribution in [0.1, 0.15) is 49.1 Å². The molecule has 0 heterocycles. The average molecular weight is 337 g/mol. The van der Waals surface area contributed by atoms with Gasteiger partial charge in [-0.1, -0.05) is 36.4 Å². The molecule has 1 aliphatic carbocycles. The van der Waals surface area contributed by atoms with Gasteiger partial charge in [0.2, 0.25) is 0 Å². The number of halogens is 2.